The van der Waals surface area contributed by atoms with Crippen LogP contribution in [0, 0.1) is 6.92 Å². The van der Waals surface area contributed by atoms with Crippen LogP contribution in [-0.2, 0) is 0 Å². The molecule has 1 N–H and O–H groups in total. The second kappa shape index (κ2) is 5.08. The summed E-state index contributed by atoms with van der Waals surface area (Å²) in [5.41, 5.74) is 2.32. The SMILES string of the molecule is Cc1nsnc1C(=O)N1CCCC(c2ccn[nH]2)C1. The van der Waals surface area contributed by atoms with E-state index in [4.69, 9.17) is 0 Å². The van der Waals surface area contributed by atoms with Crippen LogP contribution in [0.4, 0.5) is 0 Å². The maximum absolute atomic E-state index is 12.4. The average molecular weight is 277 g/mol. The Morgan fingerprint density at radius 1 is 1.53 bits per heavy atom. The molecule has 7 heteroatoms. The van der Waals surface area contributed by atoms with Crippen molar-refractivity contribution >= 4 is 17.6 Å². The van der Waals surface area contributed by atoms with Gasteiger partial charge in [0.1, 0.15) is 0 Å². The molecule has 2 aromatic rings. The molecular formula is C12H15N5OS. The molecule has 1 saturated heterocycles. The van der Waals surface area contributed by atoms with E-state index in [1.807, 2.05) is 17.9 Å². The van der Waals surface area contributed by atoms with Crippen molar-refractivity contribution in [1.82, 2.24) is 23.8 Å². The molecule has 2 aromatic heterocycles. The Morgan fingerprint density at radius 2 is 2.42 bits per heavy atom. The summed E-state index contributed by atoms with van der Waals surface area (Å²) in [6.07, 6.45) is 3.84. The molecule has 0 saturated carbocycles. The van der Waals surface area contributed by atoms with Crippen LogP contribution in [0.5, 0.6) is 0 Å². The molecule has 1 aliphatic heterocycles. The van der Waals surface area contributed by atoms with E-state index < -0.39 is 0 Å². The van der Waals surface area contributed by atoms with Crippen molar-refractivity contribution in [3.8, 4) is 0 Å². The quantitative estimate of drug-likeness (QED) is 0.904. The smallest absolute Gasteiger partial charge is 0.275 e. The molecule has 0 radical (unpaired) electrons. The molecule has 1 amide bonds. The lowest BCUT2D eigenvalue weighted by atomic mass is 9.94. The first-order valence-electron chi connectivity index (χ1n) is 6.33. The monoisotopic (exact) mass is 277 g/mol. The first-order valence-corrected chi connectivity index (χ1v) is 7.06. The fourth-order valence-electron chi connectivity index (χ4n) is 2.48. The maximum atomic E-state index is 12.4. The number of aryl methyl sites for hydroxylation is 1. The Hall–Kier alpha value is -1.76. The van der Waals surface area contributed by atoms with Crippen molar-refractivity contribution in [2.75, 3.05) is 13.1 Å². The average Bonchev–Trinajstić information content (AvgIpc) is 3.09. The van der Waals surface area contributed by atoms with Gasteiger partial charge in [0.15, 0.2) is 5.69 Å². The number of rotatable bonds is 2. The highest BCUT2D eigenvalue weighted by Crippen LogP contribution is 2.26. The number of likely N-dealkylation sites (tertiary alicyclic amines) is 1. The van der Waals surface area contributed by atoms with Gasteiger partial charge in [-0.3, -0.25) is 9.89 Å². The normalized spacial score (nSPS) is 19.6. The van der Waals surface area contributed by atoms with Gasteiger partial charge < -0.3 is 4.90 Å². The fourth-order valence-corrected chi connectivity index (χ4v) is 3.03. The van der Waals surface area contributed by atoms with Crippen molar-refractivity contribution in [2.45, 2.75) is 25.7 Å². The Kier molecular flexibility index (Phi) is 3.29. The van der Waals surface area contributed by atoms with Gasteiger partial charge in [-0.25, -0.2) is 0 Å². The summed E-state index contributed by atoms with van der Waals surface area (Å²) in [5, 5.41) is 6.98. The topological polar surface area (TPSA) is 74.8 Å². The van der Waals surface area contributed by atoms with Gasteiger partial charge >= 0.3 is 0 Å². The van der Waals surface area contributed by atoms with Crippen LogP contribution in [0.25, 0.3) is 0 Å². The molecule has 0 aromatic carbocycles. The minimum atomic E-state index is -0.00420. The molecule has 1 aliphatic rings. The van der Waals surface area contributed by atoms with Crippen molar-refractivity contribution in [1.29, 1.82) is 0 Å². The van der Waals surface area contributed by atoms with E-state index in [-0.39, 0.29) is 5.91 Å². The highest BCUT2D eigenvalue weighted by molar-refractivity contribution is 6.99. The summed E-state index contributed by atoms with van der Waals surface area (Å²) in [5.74, 6) is 0.336. The molecule has 1 unspecified atom stereocenters. The fraction of sp³-hybridized carbons (Fsp3) is 0.500. The van der Waals surface area contributed by atoms with Gasteiger partial charge in [0.25, 0.3) is 5.91 Å². The first-order chi connectivity index (χ1) is 9.25. The van der Waals surface area contributed by atoms with E-state index in [1.165, 1.54) is 0 Å². The minimum Gasteiger partial charge on any atom is -0.337 e. The number of carbonyl (C=O) groups excluding carboxylic acids is 1. The van der Waals surface area contributed by atoms with Crippen LogP contribution < -0.4 is 0 Å². The second-order valence-electron chi connectivity index (χ2n) is 4.80. The molecule has 0 aliphatic carbocycles. The van der Waals surface area contributed by atoms with E-state index in [0.29, 0.717) is 11.6 Å². The van der Waals surface area contributed by atoms with Crippen molar-refractivity contribution in [2.24, 2.45) is 0 Å². The summed E-state index contributed by atoms with van der Waals surface area (Å²) in [6.45, 7) is 3.34. The Balaban J connectivity index is 1.75. The van der Waals surface area contributed by atoms with E-state index in [0.717, 1.165) is 49.0 Å². The van der Waals surface area contributed by atoms with Crippen LogP contribution in [0.3, 0.4) is 0 Å². The van der Waals surface area contributed by atoms with Crippen molar-refractivity contribution < 1.29 is 4.79 Å². The van der Waals surface area contributed by atoms with Gasteiger partial charge in [-0.05, 0) is 25.8 Å². The number of aromatic amines is 1. The predicted octanol–water partition coefficient (Wildman–Crippen LogP) is 1.59. The van der Waals surface area contributed by atoms with Gasteiger partial charge in [0.05, 0.1) is 17.4 Å². The highest BCUT2D eigenvalue weighted by Gasteiger charge is 2.28. The summed E-state index contributed by atoms with van der Waals surface area (Å²) in [6, 6.07) is 1.98. The molecule has 3 heterocycles. The molecule has 19 heavy (non-hydrogen) atoms. The Morgan fingerprint density at radius 3 is 3.11 bits per heavy atom. The standard InChI is InChI=1S/C12H15N5OS/c1-8-11(16-19-15-8)12(18)17-6-2-3-9(7-17)10-4-5-13-14-10/h4-5,9H,2-3,6-7H2,1H3,(H,13,14). The van der Waals surface area contributed by atoms with Gasteiger partial charge in [-0.1, -0.05) is 0 Å². The van der Waals surface area contributed by atoms with E-state index in [2.05, 4.69) is 18.9 Å². The van der Waals surface area contributed by atoms with E-state index in [1.54, 1.807) is 6.20 Å². The van der Waals surface area contributed by atoms with E-state index in [9.17, 15) is 4.79 Å². The number of hydrogen-bond acceptors (Lipinski definition) is 5. The summed E-state index contributed by atoms with van der Waals surface area (Å²) in [4.78, 5) is 14.3. The van der Waals surface area contributed by atoms with E-state index >= 15 is 0 Å². The Labute approximate surface area is 115 Å². The zero-order valence-corrected chi connectivity index (χ0v) is 11.5. The largest absolute Gasteiger partial charge is 0.337 e. The minimum absolute atomic E-state index is 0.00420. The van der Waals surface area contributed by atoms with Crippen LogP contribution >= 0.6 is 11.7 Å². The van der Waals surface area contributed by atoms with Crippen LogP contribution in [0.15, 0.2) is 12.3 Å². The third-order valence-corrected chi connectivity index (χ3v) is 4.15. The molecule has 6 nitrogen and oxygen atoms in total. The molecule has 100 valence electrons. The number of amides is 1. The molecule has 1 atom stereocenters. The first kappa shape index (κ1) is 12.3. The van der Waals surface area contributed by atoms with Crippen molar-refractivity contribution in [3.63, 3.8) is 0 Å². The zero-order chi connectivity index (χ0) is 13.2. The summed E-state index contributed by atoms with van der Waals surface area (Å²) >= 11 is 1.09. The number of nitrogens with zero attached hydrogens (tertiary/aromatic N) is 4. The van der Waals surface area contributed by atoms with Crippen molar-refractivity contribution in [3.05, 3.63) is 29.3 Å². The Bertz CT molecular complexity index is 564. The van der Waals surface area contributed by atoms with Gasteiger partial charge in [-0.15, -0.1) is 0 Å². The number of nitrogens with one attached hydrogen (secondary N) is 1. The molecule has 3 rings (SSSR count). The zero-order valence-electron chi connectivity index (χ0n) is 10.7. The summed E-state index contributed by atoms with van der Waals surface area (Å²) < 4.78 is 8.17. The van der Waals surface area contributed by atoms with Crippen LogP contribution in [0.2, 0.25) is 0 Å². The molecule has 1 fully saturated rings. The highest BCUT2D eigenvalue weighted by atomic mass is 32.1. The second-order valence-corrected chi connectivity index (χ2v) is 5.33. The number of hydrogen-bond donors (Lipinski definition) is 1. The van der Waals surface area contributed by atoms with Crippen LogP contribution in [-0.4, -0.2) is 42.8 Å². The lowest BCUT2D eigenvalue weighted by molar-refractivity contribution is 0.0700. The third-order valence-electron chi connectivity index (χ3n) is 3.53. The van der Waals surface area contributed by atoms with Gasteiger partial charge in [0, 0.05) is 30.9 Å². The number of aromatic nitrogens is 4. The van der Waals surface area contributed by atoms with Crippen LogP contribution in [0.1, 0.15) is 40.6 Å². The van der Waals surface area contributed by atoms with Gasteiger partial charge in [-0.2, -0.15) is 13.8 Å². The number of carbonyl (C=O) groups is 1. The summed E-state index contributed by atoms with van der Waals surface area (Å²) in [7, 11) is 0. The molecule has 0 bridgehead atoms. The number of H-pyrrole nitrogens is 1. The third kappa shape index (κ3) is 2.37. The van der Waals surface area contributed by atoms with Gasteiger partial charge in [0.2, 0.25) is 0 Å². The lowest BCUT2D eigenvalue weighted by Crippen LogP contribution is -2.39. The molecular weight excluding hydrogens is 262 g/mol. The maximum Gasteiger partial charge on any atom is 0.275 e. The molecule has 0 spiro atoms. The predicted molar refractivity (Wildman–Crippen MR) is 71.1 cm³/mol. The lowest BCUT2D eigenvalue weighted by Gasteiger charge is -2.31. The number of piperidine rings is 1.